The molecule has 3 rings (SSSR count). The summed E-state index contributed by atoms with van der Waals surface area (Å²) < 4.78 is 222. The van der Waals surface area contributed by atoms with Gasteiger partial charge >= 0.3 is 7.32 Å². The largest absolute Gasteiger partial charge is 0.634 e. The summed E-state index contributed by atoms with van der Waals surface area (Å²) in [6, 6.07) is 0. The fourth-order valence-electron chi connectivity index (χ4n) is 4.31. The zero-order chi connectivity index (χ0) is 32.2. The molecule has 4 nitrogen and oxygen atoms in total. The van der Waals surface area contributed by atoms with E-state index in [1.54, 1.807) is 0 Å². The van der Waals surface area contributed by atoms with E-state index in [2.05, 4.69) is 4.65 Å². The van der Waals surface area contributed by atoms with Crippen LogP contribution in [0.3, 0.4) is 0 Å². The summed E-state index contributed by atoms with van der Waals surface area (Å²) in [5.74, 6) is -50.7. The minimum atomic E-state index is -5.04. The van der Waals surface area contributed by atoms with E-state index in [0.29, 0.717) is 0 Å². The van der Waals surface area contributed by atoms with Gasteiger partial charge in [-0.25, -0.2) is 65.9 Å². The van der Waals surface area contributed by atoms with Crippen LogP contribution in [-0.4, -0.2) is 29.1 Å². The second kappa shape index (κ2) is 11.7. The molecule has 0 spiro atoms. The van der Waals surface area contributed by atoms with Crippen molar-refractivity contribution in [2.75, 3.05) is 6.61 Å². The van der Waals surface area contributed by atoms with Crippen LogP contribution < -0.4 is 0 Å². The molecule has 42 heavy (non-hydrogen) atoms. The van der Waals surface area contributed by atoms with Gasteiger partial charge in [0.2, 0.25) is 17.5 Å². The Morgan fingerprint density at radius 3 is 1.00 bits per heavy atom. The van der Waals surface area contributed by atoms with Crippen molar-refractivity contribution in [1.29, 1.82) is 0 Å². The average Bonchev–Trinajstić information content (AvgIpc) is 2.94. The van der Waals surface area contributed by atoms with Crippen LogP contribution in [0.2, 0.25) is 0 Å². The highest BCUT2D eigenvalue weighted by molar-refractivity contribution is 6.33. The Labute approximate surface area is 222 Å². The smallest absolute Gasteiger partial charge is 0.402 e. The van der Waals surface area contributed by atoms with Crippen molar-refractivity contribution in [3.05, 3.63) is 104 Å². The number of aliphatic hydroxyl groups excluding tert-OH is 1. The minimum absolute atomic E-state index is 1.76. The second-order valence-electron chi connectivity index (χ2n) is 8.12. The van der Waals surface area contributed by atoms with Crippen molar-refractivity contribution < 1.29 is 85.7 Å². The van der Waals surface area contributed by atoms with Crippen molar-refractivity contribution in [1.82, 2.24) is 0 Å². The lowest BCUT2D eigenvalue weighted by Crippen LogP contribution is -2.47. The molecule has 0 saturated heterocycles. The van der Waals surface area contributed by atoms with Gasteiger partial charge in [0, 0.05) is 18.1 Å². The molecule has 3 aromatic carbocycles. The van der Waals surface area contributed by atoms with Crippen molar-refractivity contribution in [2.24, 2.45) is 0 Å². The first-order valence-corrected chi connectivity index (χ1v) is 10.6. The Morgan fingerprint density at radius 1 is 0.476 bits per heavy atom. The molecule has 228 valence electrons. The molecule has 0 aliphatic rings. The molecule has 0 fully saturated rings. The van der Waals surface area contributed by atoms with Gasteiger partial charge in [0.15, 0.2) is 69.8 Å². The third kappa shape index (κ3) is 4.75. The van der Waals surface area contributed by atoms with Gasteiger partial charge in [-0.2, -0.15) is 0 Å². The van der Waals surface area contributed by atoms with E-state index in [1.165, 1.54) is 0 Å². The highest BCUT2D eigenvalue weighted by Gasteiger charge is 2.57. The number of rotatable bonds is 8. The third-order valence-corrected chi connectivity index (χ3v) is 5.95. The van der Waals surface area contributed by atoms with Crippen molar-refractivity contribution in [3.63, 3.8) is 0 Å². The molecule has 0 saturated carbocycles. The maximum Gasteiger partial charge on any atom is 0.634 e. The normalized spacial score (nSPS) is 12.7. The van der Waals surface area contributed by atoms with E-state index >= 15 is 17.6 Å². The summed E-state index contributed by atoms with van der Waals surface area (Å²) >= 11 is 0. The molecular weight excluding hydrogens is 624 g/mol. The van der Waals surface area contributed by atoms with E-state index in [9.17, 15) is 63.4 Å². The topological polar surface area (TPSA) is 69.9 Å². The Morgan fingerprint density at radius 2 is 0.738 bits per heavy atom. The van der Waals surface area contributed by atoms with Crippen LogP contribution in [0.5, 0.6) is 0 Å². The first-order chi connectivity index (χ1) is 19.4. The Bertz CT molecular complexity index is 1430. The van der Waals surface area contributed by atoms with Crippen molar-refractivity contribution >= 4 is 7.32 Å². The maximum absolute atomic E-state index is 15.2. The van der Waals surface area contributed by atoms with Crippen LogP contribution in [0.25, 0.3) is 0 Å². The van der Waals surface area contributed by atoms with Crippen molar-refractivity contribution in [3.8, 4) is 0 Å². The number of halogens is 15. The fourth-order valence-corrected chi connectivity index (χ4v) is 4.31. The third-order valence-electron chi connectivity index (χ3n) is 5.95. The van der Waals surface area contributed by atoms with E-state index in [0.717, 1.165) is 0 Å². The standard InChI is InChI=1S/C22H8BF15O4/c24-7-4(8(25)14(31)19(36)13(7)30)3(1-2-39)22(42-23(40)41,5-9(26)15(32)20(37)16(33)10(5)27)6-11(28)17(34)21(38)18(35)12(6)29/h3,39-41H,1-2H2. The summed E-state index contributed by atoms with van der Waals surface area (Å²) in [5.41, 5.74) is -13.5. The summed E-state index contributed by atoms with van der Waals surface area (Å²) in [4.78, 5) is 0. The van der Waals surface area contributed by atoms with Gasteiger partial charge in [-0.05, 0) is 6.42 Å². The lowest BCUT2D eigenvalue weighted by Gasteiger charge is -2.42. The van der Waals surface area contributed by atoms with E-state index in [1.807, 2.05) is 0 Å². The predicted molar refractivity (Wildman–Crippen MR) is 105 cm³/mol. The molecular formula is C22H8BF15O4. The molecule has 0 aromatic heterocycles. The number of hydrogen-bond acceptors (Lipinski definition) is 4. The molecule has 20 heteroatoms. The number of aliphatic hydroxyl groups is 1. The quantitative estimate of drug-likeness (QED) is 0.139. The van der Waals surface area contributed by atoms with Crippen molar-refractivity contribution in [2.45, 2.75) is 17.9 Å². The van der Waals surface area contributed by atoms with Crippen LogP contribution in [0.1, 0.15) is 29.0 Å². The van der Waals surface area contributed by atoms with E-state index < -0.39 is 136 Å². The second-order valence-corrected chi connectivity index (χ2v) is 8.12. The maximum atomic E-state index is 15.2. The SMILES string of the molecule is OCCC(c1c(F)c(F)c(F)c(F)c1F)C(OB(O)O)(c1c(F)c(F)c(F)c(F)c1F)c1c(F)c(F)c(F)c(F)c1F. The van der Waals surface area contributed by atoms with E-state index in [-0.39, 0.29) is 0 Å². The first kappa shape index (κ1) is 33.0. The zero-order valence-electron chi connectivity index (χ0n) is 19.5. The van der Waals surface area contributed by atoms with E-state index in [4.69, 9.17) is 0 Å². The molecule has 0 heterocycles. The Balaban J connectivity index is 2.85. The average molecular weight is 632 g/mol. The van der Waals surface area contributed by atoms with Gasteiger partial charge in [0.05, 0.1) is 11.1 Å². The molecule has 3 N–H and O–H groups in total. The van der Waals surface area contributed by atoms with Gasteiger partial charge in [0.25, 0.3) is 0 Å². The molecule has 0 aliphatic heterocycles. The Hall–Kier alpha value is -3.49. The zero-order valence-corrected chi connectivity index (χ0v) is 19.5. The minimum Gasteiger partial charge on any atom is -0.402 e. The van der Waals surface area contributed by atoms with Gasteiger partial charge in [-0.15, -0.1) is 0 Å². The molecule has 0 bridgehead atoms. The Kier molecular flexibility index (Phi) is 9.16. The summed E-state index contributed by atoms with van der Waals surface area (Å²) in [7, 11) is -3.89. The van der Waals surface area contributed by atoms with Gasteiger partial charge in [-0.3, -0.25) is 0 Å². The summed E-state index contributed by atoms with van der Waals surface area (Å²) in [6.45, 7) is -1.76. The number of hydrogen-bond donors (Lipinski definition) is 3. The van der Waals surface area contributed by atoms with Crippen LogP contribution in [0, 0.1) is 87.3 Å². The molecule has 1 atom stereocenters. The lowest BCUT2D eigenvalue weighted by atomic mass is 9.69. The van der Waals surface area contributed by atoms with Gasteiger partial charge in [0.1, 0.15) is 5.60 Å². The molecule has 1 unspecified atom stereocenters. The van der Waals surface area contributed by atoms with Crippen LogP contribution in [0.4, 0.5) is 65.9 Å². The molecule has 0 amide bonds. The lowest BCUT2D eigenvalue weighted by molar-refractivity contribution is 0.00248. The summed E-state index contributed by atoms with van der Waals surface area (Å²) in [5, 5.41) is 28.4. The number of benzene rings is 3. The van der Waals surface area contributed by atoms with Gasteiger partial charge in [-0.1, -0.05) is 0 Å². The highest BCUT2D eigenvalue weighted by Crippen LogP contribution is 2.53. The van der Waals surface area contributed by atoms with Gasteiger partial charge < -0.3 is 19.8 Å². The highest BCUT2D eigenvalue weighted by atomic mass is 19.2. The molecule has 0 aliphatic carbocycles. The van der Waals surface area contributed by atoms with Crippen LogP contribution >= 0.6 is 0 Å². The summed E-state index contributed by atoms with van der Waals surface area (Å²) in [6.07, 6.45) is -1.90. The molecule has 0 radical (unpaired) electrons. The first-order valence-electron chi connectivity index (χ1n) is 10.6. The van der Waals surface area contributed by atoms with Crippen LogP contribution in [-0.2, 0) is 10.3 Å². The predicted octanol–water partition coefficient (Wildman–Crippen LogP) is 5.17. The fraction of sp³-hybridized carbons (Fsp3) is 0.182. The van der Waals surface area contributed by atoms with Crippen LogP contribution in [0.15, 0.2) is 0 Å². The molecule has 3 aromatic rings. The monoisotopic (exact) mass is 632 g/mol.